The maximum atomic E-state index is 12.4. The van der Waals surface area contributed by atoms with Crippen LogP contribution >= 0.6 is 11.6 Å². The highest BCUT2D eigenvalue weighted by molar-refractivity contribution is 6.31. The SMILES string of the molecule is Cc1nc(NC2CC2)cc(C(=O)Nc2cccc(Cl)c2C)n1. The number of halogens is 1. The Hall–Kier alpha value is -2.14. The van der Waals surface area contributed by atoms with Crippen LogP contribution in [0, 0.1) is 13.8 Å². The van der Waals surface area contributed by atoms with Crippen molar-refractivity contribution in [2.75, 3.05) is 10.6 Å². The third-order valence-electron chi connectivity index (χ3n) is 3.52. The van der Waals surface area contributed by atoms with Crippen molar-refractivity contribution in [2.24, 2.45) is 0 Å². The average Bonchev–Trinajstić information content (AvgIpc) is 3.27. The molecule has 6 heteroatoms. The second-order valence-electron chi connectivity index (χ2n) is 5.47. The number of nitrogens with zero attached hydrogens (tertiary/aromatic N) is 2. The van der Waals surface area contributed by atoms with Gasteiger partial charge >= 0.3 is 0 Å². The van der Waals surface area contributed by atoms with Crippen LogP contribution < -0.4 is 10.6 Å². The smallest absolute Gasteiger partial charge is 0.274 e. The molecular formula is C16H17ClN4O. The van der Waals surface area contributed by atoms with E-state index in [4.69, 9.17) is 11.6 Å². The number of carbonyl (C=O) groups is 1. The Labute approximate surface area is 134 Å². The van der Waals surface area contributed by atoms with E-state index in [1.807, 2.05) is 13.0 Å². The van der Waals surface area contributed by atoms with Gasteiger partial charge in [0.25, 0.3) is 5.91 Å². The lowest BCUT2D eigenvalue weighted by Crippen LogP contribution is -2.16. The molecule has 3 rings (SSSR count). The molecule has 1 heterocycles. The second-order valence-corrected chi connectivity index (χ2v) is 5.88. The van der Waals surface area contributed by atoms with Gasteiger partial charge in [0.05, 0.1) is 0 Å². The summed E-state index contributed by atoms with van der Waals surface area (Å²) < 4.78 is 0. The van der Waals surface area contributed by atoms with Crippen molar-refractivity contribution in [1.29, 1.82) is 0 Å². The summed E-state index contributed by atoms with van der Waals surface area (Å²) in [6.45, 7) is 3.64. The van der Waals surface area contributed by atoms with Gasteiger partial charge in [-0.3, -0.25) is 4.79 Å². The fraction of sp³-hybridized carbons (Fsp3) is 0.312. The lowest BCUT2D eigenvalue weighted by Gasteiger charge is -2.10. The molecule has 22 heavy (non-hydrogen) atoms. The Balaban J connectivity index is 1.82. The minimum Gasteiger partial charge on any atom is -0.367 e. The lowest BCUT2D eigenvalue weighted by molar-refractivity contribution is 0.102. The molecule has 1 aliphatic carbocycles. The number of aromatic nitrogens is 2. The van der Waals surface area contributed by atoms with Crippen LogP contribution in [0.15, 0.2) is 24.3 Å². The molecule has 114 valence electrons. The van der Waals surface area contributed by atoms with Gasteiger partial charge in [0.15, 0.2) is 0 Å². The number of hydrogen-bond acceptors (Lipinski definition) is 4. The van der Waals surface area contributed by atoms with Crippen LogP contribution in [0.25, 0.3) is 0 Å². The highest BCUT2D eigenvalue weighted by atomic mass is 35.5. The van der Waals surface area contributed by atoms with E-state index < -0.39 is 0 Å². The number of anilines is 2. The van der Waals surface area contributed by atoms with Gasteiger partial charge in [-0.1, -0.05) is 17.7 Å². The van der Waals surface area contributed by atoms with Crippen LogP contribution in [0.5, 0.6) is 0 Å². The molecule has 1 aromatic carbocycles. The number of aryl methyl sites for hydroxylation is 1. The third kappa shape index (κ3) is 3.36. The van der Waals surface area contributed by atoms with Crippen molar-refractivity contribution in [3.63, 3.8) is 0 Å². The van der Waals surface area contributed by atoms with E-state index in [1.165, 1.54) is 0 Å². The molecule has 0 unspecified atom stereocenters. The molecule has 2 aromatic rings. The number of carbonyl (C=O) groups excluding carboxylic acids is 1. The van der Waals surface area contributed by atoms with E-state index in [0.29, 0.717) is 34.1 Å². The fourth-order valence-corrected chi connectivity index (χ4v) is 2.30. The summed E-state index contributed by atoms with van der Waals surface area (Å²) in [5.74, 6) is 0.997. The van der Waals surface area contributed by atoms with E-state index in [9.17, 15) is 4.79 Å². The molecule has 1 aromatic heterocycles. The van der Waals surface area contributed by atoms with Gasteiger partial charge < -0.3 is 10.6 Å². The van der Waals surface area contributed by atoms with Crippen LogP contribution in [0.2, 0.25) is 5.02 Å². The molecule has 1 amide bonds. The van der Waals surface area contributed by atoms with Gasteiger partial charge in [0.2, 0.25) is 0 Å². The Morgan fingerprint density at radius 3 is 2.77 bits per heavy atom. The number of amides is 1. The molecule has 0 spiro atoms. The first-order valence-corrected chi connectivity index (χ1v) is 7.59. The summed E-state index contributed by atoms with van der Waals surface area (Å²) in [5.41, 5.74) is 1.86. The van der Waals surface area contributed by atoms with Gasteiger partial charge in [-0.05, 0) is 44.4 Å². The number of rotatable bonds is 4. The molecule has 2 N–H and O–H groups in total. The van der Waals surface area contributed by atoms with Gasteiger partial charge in [-0.25, -0.2) is 9.97 Å². The number of hydrogen-bond donors (Lipinski definition) is 2. The first-order valence-electron chi connectivity index (χ1n) is 7.21. The first kappa shape index (κ1) is 14.8. The zero-order valence-corrected chi connectivity index (χ0v) is 13.2. The molecule has 0 aliphatic heterocycles. The predicted octanol–water partition coefficient (Wildman–Crippen LogP) is 3.57. The molecule has 1 saturated carbocycles. The monoisotopic (exact) mass is 316 g/mol. The van der Waals surface area contributed by atoms with Crippen LogP contribution in [0.4, 0.5) is 11.5 Å². The molecule has 0 bridgehead atoms. The van der Waals surface area contributed by atoms with E-state index in [1.54, 1.807) is 25.1 Å². The fourth-order valence-electron chi connectivity index (χ4n) is 2.12. The van der Waals surface area contributed by atoms with Gasteiger partial charge in [0.1, 0.15) is 17.3 Å². The molecule has 0 radical (unpaired) electrons. The van der Waals surface area contributed by atoms with Crippen molar-refractivity contribution >= 4 is 29.0 Å². The maximum Gasteiger partial charge on any atom is 0.274 e. The highest BCUT2D eigenvalue weighted by Gasteiger charge is 2.22. The second kappa shape index (κ2) is 5.93. The maximum absolute atomic E-state index is 12.4. The summed E-state index contributed by atoms with van der Waals surface area (Å²) in [4.78, 5) is 20.9. The van der Waals surface area contributed by atoms with Crippen LogP contribution in [0.3, 0.4) is 0 Å². The minimum atomic E-state index is -0.269. The topological polar surface area (TPSA) is 66.9 Å². The zero-order chi connectivity index (χ0) is 15.7. The standard InChI is InChI=1S/C16H17ClN4O/c1-9-12(17)4-3-5-13(9)21-16(22)14-8-15(19-10(2)18-14)20-11-6-7-11/h3-5,8,11H,6-7H2,1-2H3,(H,21,22)(H,18,19,20). The van der Waals surface area contributed by atoms with Gasteiger partial charge in [0, 0.05) is 22.8 Å². The molecule has 0 atom stereocenters. The minimum absolute atomic E-state index is 0.269. The third-order valence-corrected chi connectivity index (χ3v) is 3.93. The van der Waals surface area contributed by atoms with Crippen LogP contribution in [-0.4, -0.2) is 21.9 Å². The Bertz CT molecular complexity index is 728. The number of nitrogens with one attached hydrogen (secondary N) is 2. The molecule has 5 nitrogen and oxygen atoms in total. The van der Waals surface area contributed by atoms with Crippen LogP contribution in [0.1, 0.15) is 34.7 Å². The molecule has 1 fully saturated rings. The summed E-state index contributed by atoms with van der Waals surface area (Å²) in [5, 5.41) is 6.75. The summed E-state index contributed by atoms with van der Waals surface area (Å²) in [6, 6.07) is 7.56. The summed E-state index contributed by atoms with van der Waals surface area (Å²) in [6.07, 6.45) is 2.29. The van der Waals surface area contributed by atoms with Crippen molar-refractivity contribution in [3.05, 3.63) is 46.4 Å². The van der Waals surface area contributed by atoms with E-state index >= 15 is 0 Å². The van der Waals surface area contributed by atoms with Gasteiger partial charge in [-0.15, -0.1) is 0 Å². The Morgan fingerprint density at radius 2 is 2.05 bits per heavy atom. The molecular weight excluding hydrogens is 300 g/mol. The first-order chi connectivity index (χ1) is 10.5. The summed E-state index contributed by atoms with van der Waals surface area (Å²) >= 11 is 6.07. The van der Waals surface area contributed by atoms with E-state index in [2.05, 4.69) is 20.6 Å². The summed E-state index contributed by atoms with van der Waals surface area (Å²) in [7, 11) is 0. The van der Waals surface area contributed by atoms with Crippen molar-refractivity contribution < 1.29 is 4.79 Å². The van der Waals surface area contributed by atoms with Crippen molar-refractivity contribution in [2.45, 2.75) is 32.7 Å². The van der Waals surface area contributed by atoms with E-state index in [0.717, 1.165) is 18.4 Å². The normalized spacial score (nSPS) is 13.8. The lowest BCUT2D eigenvalue weighted by atomic mass is 10.2. The van der Waals surface area contributed by atoms with E-state index in [-0.39, 0.29) is 5.91 Å². The molecule has 1 aliphatic rings. The van der Waals surface area contributed by atoms with Crippen LogP contribution in [-0.2, 0) is 0 Å². The van der Waals surface area contributed by atoms with Crippen molar-refractivity contribution in [1.82, 2.24) is 9.97 Å². The average molecular weight is 317 g/mol. The largest absolute Gasteiger partial charge is 0.367 e. The predicted molar refractivity (Wildman–Crippen MR) is 87.6 cm³/mol. The van der Waals surface area contributed by atoms with Gasteiger partial charge in [-0.2, -0.15) is 0 Å². The zero-order valence-electron chi connectivity index (χ0n) is 12.5. The number of benzene rings is 1. The van der Waals surface area contributed by atoms with Crippen molar-refractivity contribution in [3.8, 4) is 0 Å². The quantitative estimate of drug-likeness (QED) is 0.905. The Morgan fingerprint density at radius 1 is 1.27 bits per heavy atom. The Kier molecular flexibility index (Phi) is 3.98. The highest BCUT2D eigenvalue weighted by Crippen LogP contribution is 2.25. The molecule has 0 saturated heterocycles.